The first-order valence-electron chi connectivity index (χ1n) is 8.05. The van der Waals surface area contributed by atoms with Crippen LogP contribution in [0.2, 0.25) is 0 Å². The molecule has 0 bridgehead atoms. The van der Waals surface area contributed by atoms with Gasteiger partial charge in [0.2, 0.25) is 11.8 Å². The number of nitrogens with one attached hydrogen (secondary N) is 1. The summed E-state index contributed by atoms with van der Waals surface area (Å²) in [6, 6.07) is 10.3. The van der Waals surface area contributed by atoms with E-state index in [1.807, 2.05) is 6.92 Å². The van der Waals surface area contributed by atoms with Gasteiger partial charge in [0.15, 0.2) is 0 Å². The number of halogens is 2. The summed E-state index contributed by atoms with van der Waals surface area (Å²) in [5, 5.41) is 2.69. The van der Waals surface area contributed by atoms with Crippen molar-refractivity contribution in [3.05, 3.63) is 65.2 Å². The molecule has 2 aromatic rings. The van der Waals surface area contributed by atoms with Crippen molar-refractivity contribution in [1.82, 2.24) is 5.32 Å². The lowest BCUT2D eigenvalue weighted by Gasteiger charge is -2.18. The number of aryl methyl sites for hydroxylation is 1. The fourth-order valence-electron chi connectivity index (χ4n) is 2.91. The van der Waals surface area contributed by atoms with Crippen molar-refractivity contribution in [1.29, 1.82) is 0 Å². The fraction of sp³-hybridized carbons (Fsp3) is 0.263. The van der Waals surface area contributed by atoms with Crippen LogP contribution in [0.25, 0.3) is 0 Å². The second-order valence-electron chi connectivity index (χ2n) is 6.13. The van der Waals surface area contributed by atoms with Gasteiger partial charge in [-0.05, 0) is 48.7 Å². The monoisotopic (exact) mass is 344 g/mol. The molecule has 2 aromatic carbocycles. The number of benzene rings is 2. The van der Waals surface area contributed by atoms with Crippen LogP contribution in [0, 0.1) is 24.5 Å². The molecule has 130 valence electrons. The Balaban J connectivity index is 1.65. The number of anilines is 1. The molecule has 2 amide bonds. The van der Waals surface area contributed by atoms with Crippen molar-refractivity contribution in [2.24, 2.45) is 5.92 Å². The van der Waals surface area contributed by atoms with E-state index in [1.54, 1.807) is 24.3 Å². The van der Waals surface area contributed by atoms with Gasteiger partial charge in [0.05, 0.1) is 5.69 Å². The van der Waals surface area contributed by atoms with Crippen LogP contribution < -0.4 is 10.2 Å². The molecule has 0 saturated carbocycles. The Morgan fingerprint density at radius 2 is 1.92 bits per heavy atom. The van der Waals surface area contributed by atoms with E-state index in [4.69, 9.17) is 0 Å². The zero-order chi connectivity index (χ0) is 18.0. The highest BCUT2D eigenvalue weighted by Crippen LogP contribution is 2.28. The molecule has 0 aromatic heterocycles. The highest BCUT2D eigenvalue weighted by atomic mass is 19.1. The van der Waals surface area contributed by atoms with Crippen LogP contribution in [0.4, 0.5) is 14.5 Å². The molecule has 1 N–H and O–H groups in total. The highest BCUT2D eigenvalue weighted by Gasteiger charge is 2.38. The van der Waals surface area contributed by atoms with Gasteiger partial charge in [-0.25, -0.2) is 8.78 Å². The third-order valence-electron chi connectivity index (χ3n) is 4.29. The van der Waals surface area contributed by atoms with Crippen molar-refractivity contribution < 1.29 is 18.4 Å². The lowest BCUT2D eigenvalue weighted by atomic mass is 10.1. The summed E-state index contributed by atoms with van der Waals surface area (Å²) in [4.78, 5) is 26.1. The highest BCUT2D eigenvalue weighted by molar-refractivity contribution is 6.09. The molecule has 6 heteroatoms. The van der Waals surface area contributed by atoms with Crippen LogP contribution in [0.5, 0.6) is 0 Å². The van der Waals surface area contributed by atoms with Crippen molar-refractivity contribution in [2.75, 3.05) is 11.4 Å². The Labute approximate surface area is 144 Å². The molecule has 1 unspecified atom stereocenters. The minimum atomic E-state index is -0.833. The first kappa shape index (κ1) is 17.1. The maximum atomic E-state index is 14.0. The second-order valence-corrected chi connectivity index (χ2v) is 6.13. The number of carbonyl (C=O) groups is 2. The van der Waals surface area contributed by atoms with Gasteiger partial charge < -0.3 is 10.2 Å². The summed E-state index contributed by atoms with van der Waals surface area (Å²) in [5.74, 6) is -2.46. The summed E-state index contributed by atoms with van der Waals surface area (Å²) in [6.07, 6.45) is 0.335. The molecule has 0 radical (unpaired) electrons. The third kappa shape index (κ3) is 3.68. The van der Waals surface area contributed by atoms with Gasteiger partial charge in [-0.15, -0.1) is 0 Å². The number of hydrogen-bond donors (Lipinski definition) is 1. The minimum absolute atomic E-state index is 0.207. The van der Waals surface area contributed by atoms with Crippen molar-refractivity contribution in [3.63, 3.8) is 0 Å². The maximum Gasteiger partial charge on any atom is 0.239 e. The molecule has 1 aliphatic rings. The molecule has 1 saturated heterocycles. The molecule has 1 aliphatic heterocycles. The fourth-order valence-corrected chi connectivity index (χ4v) is 2.91. The van der Waals surface area contributed by atoms with E-state index < -0.39 is 23.5 Å². The van der Waals surface area contributed by atoms with E-state index in [0.717, 1.165) is 11.1 Å². The Morgan fingerprint density at radius 3 is 2.64 bits per heavy atom. The van der Waals surface area contributed by atoms with Gasteiger partial charge >= 0.3 is 0 Å². The summed E-state index contributed by atoms with van der Waals surface area (Å²) in [5.41, 5.74) is 1.79. The maximum absolute atomic E-state index is 14.0. The predicted molar refractivity (Wildman–Crippen MR) is 89.8 cm³/mol. The van der Waals surface area contributed by atoms with E-state index >= 15 is 0 Å². The summed E-state index contributed by atoms with van der Waals surface area (Å²) in [7, 11) is 0. The van der Waals surface area contributed by atoms with E-state index in [0.29, 0.717) is 13.0 Å². The second kappa shape index (κ2) is 7.01. The molecule has 0 aliphatic carbocycles. The van der Waals surface area contributed by atoms with Crippen LogP contribution in [-0.4, -0.2) is 18.4 Å². The van der Waals surface area contributed by atoms with E-state index in [1.165, 1.54) is 23.1 Å². The summed E-state index contributed by atoms with van der Waals surface area (Å²) in [6.45, 7) is 2.33. The van der Waals surface area contributed by atoms with Crippen LogP contribution >= 0.6 is 0 Å². The van der Waals surface area contributed by atoms with Crippen molar-refractivity contribution in [2.45, 2.75) is 19.9 Å². The SMILES string of the molecule is Cc1ccc(F)c(N2CCC(C(=O)NCc3ccc(F)cc3)C2=O)c1. The number of amides is 2. The molecule has 4 nitrogen and oxygen atoms in total. The molecule has 3 rings (SSSR count). The van der Waals surface area contributed by atoms with Crippen LogP contribution in [0.3, 0.4) is 0 Å². The smallest absolute Gasteiger partial charge is 0.239 e. The molecular formula is C19H18F2N2O2. The quantitative estimate of drug-likeness (QED) is 0.867. The molecule has 1 fully saturated rings. The van der Waals surface area contributed by atoms with Crippen LogP contribution in [0.15, 0.2) is 42.5 Å². The van der Waals surface area contributed by atoms with Gasteiger partial charge in [-0.1, -0.05) is 18.2 Å². The number of rotatable bonds is 4. The first-order valence-corrected chi connectivity index (χ1v) is 8.05. The number of carbonyl (C=O) groups excluding carboxylic acids is 2. The predicted octanol–water partition coefficient (Wildman–Crippen LogP) is 2.94. The van der Waals surface area contributed by atoms with Crippen LogP contribution in [0.1, 0.15) is 17.5 Å². The zero-order valence-corrected chi connectivity index (χ0v) is 13.8. The molecule has 0 spiro atoms. The van der Waals surface area contributed by atoms with Gasteiger partial charge in [-0.3, -0.25) is 9.59 Å². The Morgan fingerprint density at radius 1 is 1.20 bits per heavy atom. The van der Waals surface area contributed by atoms with Gasteiger partial charge in [-0.2, -0.15) is 0 Å². The standard InChI is InChI=1S/C19H18F2N2O2/c1-12-2-7-16(21)17(10-12)23-9-8-15(19(23)25)18(24)22-11-13-3-5-14(20)6-4-13/h2-7,10,15H,8-9,11H2,1H3,(H,22,24). The molecule has 1 atom stereocenters. The topological polar surface area (TPSA) is 49.4 Å². The Hall–Kier alpha value is -2.76. The van der Waals surface area contributed by atoms with Crippen LogP contribution in [-0.2, 0) is 16.1 Å². The van der Waals surface area contributed by atoms with Gasteiger partial charge in [0.25, 0.3) is 0 Å². The van der Waals surface area contributed by atoms with Gasteiger partial charge in [0, 0.05) is 13.1 Å². The summed E-state index contributed by atoms with van der Waals surface area (Å²) >= 11 is 0. The number of nitrogens with zero attached hydrogens (tertiary/aromatic N) is 1. The first-order chi connectivity index (χ1) is 12.0. The Bertz CT molecular complexity index is 806. The van der Waals surface area contributed by atoms with Crippen molar-refractivity contribution in [3.8, 4) is 0 Å². The van der Waals surface area contributed by atoms with E-state index in [-0.39, 0.29) is 18.0 Å². The Kier molecular flexibility index (Phi) is 4.79. The third-order valence-corrected chi connectivity index (χ3v) is 4.29. The van der Waals surface area contributed by atoms with Crippen molar-refractivity contribution >= 4 is 17.5 Å². The normalized spacial score (nSPS) is 17.0. The lowest BCUT2D eigenvalue weighted by molar-refractivity contribution is -0.132. The lowest BCUT2D eigenvalue weighted by Crippen LogP contribution is -2.36. The largest absolute Gasteiger partial charge is 0.351 e. The minimum Gasteiger partial charge on any atom is -0.351 e. The molecule has 1 heterocycles. The average molecular weight is 344 g/mol. The average Bonchev–Trinajstić information content (AvgIpc) is 2.98. The van der Waals surface area contributed by atoms with E-state index in [9.17, 15) is 18.4 Å². The molecule has 25 heavy (non-hydrogen) atoms. The number of hydrogen-bond acceptors (Lipinski definition) is 2. The van der Waals surface area contributed by atoms with Gasteiger partial charge in [0.1, 0.15) is 17.6 Å². The summed E-state index contributed by atoms with van der Waals surface area (Å²) < 4.78 is 26.9. The zero-order valence-electron chi connectivity index (χ0n) is 13.8. The molecular weight excluding hydrogens is 326 g/mol. The van der Waals surface area contributed by atoms with E-state index in [2.05, 4.69) is 5.32 Å².